The molecule has 0 aliphatic rings. The number of pyridine rings is 1. The molecule has 1 aromatic heterocycles. The summed E-state index contributed by atoms with van der Waals surface area (Å²) < 4.78 is 0. The van der Waals surface area contributed by atoms with E-state index in [1.807, 2.05) is 30.3 Å². The van der Waals surface area contributed by atoms with E-state index in [1.54, 1.807) is 18.3 Å². The van der Waals surface area contributed by atoms with Gasteiger partial charge in [-0.05, 0) is 24.1 Å². The van der Waals surface area contributed by atoms with Crippen molar-refractivity contribution in [2.75, 3.05) is 11.9 Å². The Morgan fingerprint density at radius 3 is 2.56 bits per heavy atom. The van der Waals surface area contributed by atoms with Crippen LogP contribution in [0.2, 0.25) is 5.02 Å². The summed E-state index contributed by atoms with van der Waals surface area (Å²) in [4.78, 5) is 4.15. The summed E-state index contributed by atoms with van der Waals surface area (Å²) in [6, 6.07) is 13.6. The first kappa shape index (κ1) is 12.9. The Bertz CT molecular complexity index is 473. The van der Waals surface area contributed by atoms with Crippen molar-refractivity contribution in [3.63, 3.8) is 0 Å². The Hall–Kier alpha value is -1.58. The summed E-state index contributed by atoms with van der Waals surface area (Å²) in [7, 11) is 0. The van der Waals surface area contributed by atoms with Crippen LogP contribution in [0.1, 0.15) is 5.56 Å². The van der Waals surface area contributed by atoms with E-state index in [0.29, 0.717) is 5.02 Å². The third-order valence-corrected chi connectivity index (χ3v) is 2.85. The third kappa shape index (κ3) is 3.72. The molecule has 0 aliphatic heterocycles. The number of nitrogens with one attached hydrogen (secondary N) is 1. The Labute approximate surface area is 111 Å². The number of benzene rings is 1. The summed E-state index contributed by atoms with van der Waals surface area (Å²) in [5, 5.41) is 13.2. The second-order valence-corrected chi connectivity index (χ2v) is 4.51. The Kier molecular flexibility index (Phi) is 4.56. The lowest BCUT2D eigenvalue weighted by atomic mass is 10.1. The molecule has 0 radical (unpaired) electrons. The highest BCUT2D eigenvalue weighted by Gasteiger charge is 2.08. The maximum atomic E-state index is 9.39. The first-order valence-corrected chi connectivity index (χ1v) is 6.18. The Morgan fingerprint density at radius 2 is 1.94 bits per heavy atom. The summed E-state index contributed by atoms with van der Waals surface area (Å²) in [5.41, 5.74) is 1.18. The van der Waals surface area contributed by atoms with E-state index >= 15 is 0 Å². The molecule has 0 saturated heterocycles. The van der Waals surface area contributed by atoms with E-state index < -0.39 is 0 Å². The molecule has 0 spiro atoms. The quantitative estimate of drug-likeness (QED) is 0.871. The summed E-state index contributed by atoms with van der Waals surface area (Å²) >= 11 is 5.77. The van der Waals surface area contributed by atoms with Crippen molar-refractivity contribution in [2.24, 2.45) is 0 Å². The number of halogens is 1. The van der Waals surface area contributed by atoms with Gasteiger partial charge in [-0.2, -0.15) is 0 Å². The monoisotopic (exact) mass is 262 g/mol. The van der Waals surface area contributed by atoms with Crippen molar-refractivity contribution in [2.45, 2.75) is 12.5 Å². The molecule has 1 heterocycles. The maximum Gasteiger partial charge on any atom is 0.126 e. The first-order valence-electron chi connectivity index (χ1n) is 5.81. The van der Waals surface area contributed by atoms with E-state index in [0.717, 1.165) is 12.2 Å². The molecule has 0 fully saturated rings. The summed E-state index contributed by atoms with van der Waals surface area (Å²) in [6.45, 7) is 0.0548. The van der Waals surface area contributed by atoms with Gasteiger partial charge < -0.3 is 10.4 Å². The lowest BCUT2D eigenvalue weighted by molar-refractivity contribution is 0.273. The highest BCUT2D eigenvalue weighted by atomic mass is 35.5. The SMILES string of the molecule is OCC(Cc1ccccc1)Nc1ccc(Cl)cn1. The van der Waals surface area contributed by atoms with Crippen LogP contribution in [-0.2, 0) is 6.42 Å². The van der Waals surface area contributed by atoms with Crippen LogP contribution in [0.25, 0.3) is 0 Å². The molecular weight excluding hydrogens is 248 g/mol. The average Bonchev–Trinajstić information content (AvgIpc) is 2.41. The average molecular weight is 263 g/mol. The van der Waals surface area contributed by atoms with Crippen LogP contribution in [0.4, 0.5) is 5.82 Å². The predicted molar refractivity (Wildman–Crippen MR) is 73.9 cm³/mol. The zero-order valence-electron chi connectivity index (χ0n) is 9.88. The fourth-order valence-corrected chi connectivity index (χ4v) is 1.84. The highest BCUT2D eigenvalue weighted by Crippen LogP contribution is 2.12. The fraction of sp³-hybridized carbons (Fsp3) is 0.214. The molecule has 4 heteroatoms. The van der Waals surface area contributed by atoms with Gasteiger partial charge in [0.25, 0.3) is 0 Å². The Balaban J connectivity index is 1.99. The molecule has 0 bridgehead atoms. The zero-order valence-corrected chi connectivity index (χ0v) is 10.6. The van der Waals surface area contributed by atoms with Crippen LogP contribution in [0.3, 0.4) is 0 Å². The molecule has 0 amide bonds. The smallest absolute Gasteiger partial charge is 0.126 e. The van der Waals surface area contributed by atoms with Gasteiger partial charge in [0.2, 0.25) is 0 Å². The maximum absolute atomic E-state index is 9.39. The van der Waals surface area contributed by atoms with Crippen LogP contribution < -0.4 is 5.32 Å². The van der Waals surface area contributed by atoms with E-state index in [1.165, 1.54) is 5.56 Å². The molecule has 2 rings (SSSR count). The number of anilines is 1. The van der Waals surface area contributed by atoms with Crippen LogP contribution >= 0.6 is 11.6 Å². The van der Waals surface area contributed by atoms with E-state index in [9.17, 15) is 5.11 Å². The van der Waals surface area contributed by atoms with E-state index in [-0.39, 0.29) is 12.6 Å². The summed E-state index contributed by atoms with van der Waals surface area (Å²) in [5.74, 6) is 0.717. The standard InChI is InChI=1S/C14H15ClN2O/c15-12-6-7-14(16-9-12)17-13(10-18)8-11-4-2-1-3-5-11/h1-7,9,13,18H,8,10H2,(H,16,17). The van der Waals surface area contributed by atoms with Crippen LogP contribution in [0.15, 0.2) is 48.7 Å². The minimum Gasteiger partial charge on any atom is -0.394 e. The zero-order chi connectivity index (χ0) is 12.8. The van der Waals surface area contributed by atoms with Gasteiger partial charge in [-0.15, -0.1) is 0 Å². The molecule has 0 saturated carbocycles. The highest BCUT2D eigenvalue weighted by molar-refractivity contribution is 6.30. The van der Waals surface area contributed by atoms with Gasteiger partial charge in [-0.1, -0.05) is 41.9 Å². The van der Waals surface area contributed by atoms with Gasteiger partial charge >= 0.3 is 0 Å². The number of hydrogen-bond donors (Lipinski definition) is 2. The lowest BCUT2D eigenvalue weighted by Gasteiger charge is -2.16. The molecule has 1 unspecified atom stereocenters. The number of aliphatic hydroxyl groups is 1. The van der Waals surface area contributed by atoms with Gasteiger partial charge in [0, 0.05) is 6.20 Å². The predicted octanol–water partition coefficient (Wildman–Crippen LogP) is 2.75. The number of rotatable bonds is 5. The number of aromatic nitrogens is 1. The first-order chi connectivity index (χ1) is 8.78. The van der Waals surface area contributed by atoms with Gasteiger partial charge in [-0.3, -0.25) is 0 Å². The molecule has 2 N–H and O–H groups in total. The second kappa shape index (κ2) is 6.38. The van der Waals surface area contributed by atoms with E-state index in [4.69, 9.17) is 11.6 Å². The molecule has 1 aromatic carbocycles. The second-order valence-electron chi connectivity index (χ2n) is 4.08. The largest absolute Gasteiger partial charge is 0.394 e. The number of aliphatic hydroxyl groups excluding tert-OH is 1. The van der Waals surface area contributed by atoms with Gasteiger partial charge in [-0.25, -0.2) is 4.98 Å². The molecule has 1 atom stereocenters. The fourth-order valence-electron chi connectivity index (χ4n) is 1.73. The van der Waals surface area contributed by atoms with Crippen molar-refractivity contribution in [1.82, 2.24) is 4.98 Å². The molecule has 0 aliphatic carbocycles. The lowest BCUT2D eigenvalue weighted by Crippen LogP contribution is -2.26. The van der Waals surface area contributed by atoms with Crippen LogP contribution in [-0.4, -0.2) is 22.7 Å². The molecular formula is C14H15ClN2O. The van der Waals surface area contributed by atoms with Crippen molar-refractivity contribution in [3.05, 3.63) is 59.2 Å². The molecule has 94 valence electrons. The van der Waals surface area contributed by atoms with Crippen molar-refractivity contribution in [1.29, 1.82) is 0 Å². The van der Waals surface area contributed by atoms with Crippen LogP contribution in [0, 0.1) is 0 Å². The van der Waals surface area contributed by atoms with Gasteiger partial charge in [0.1, 0.15) is 5.82 Å². The minimum absolute atomic E-state index is 0.0546. The molecule has 18 heavy (non-hydrogen) atoms. The van der Waals surface area contributed by atoms with Crippen molar-refractivity contribution in [3.8, 4) is 0 Å². The van der Waals surface area contributed by atoms with E-state index in [2.05, 4.69) is 10.3 Å². The Morgan fingerprint density at radius 1 is 1.17 bits per heavy atom. The molecule has 2 aromatic rings. The van der Waals surface area contributed by atoms with Crippen molar-refractivity contribution >= 4 is 17.4 Å². The van der Waals surface area contributed by atoms with Gasteiger partial charge in [0.15, 0.2) is 0 Å². The summed E-state index contributed by atoms with van der Waals surface area (Å²) in [6.07, 6.45) is 2.34. The van der Waals surface area contributed by atoms with Gasteiger partial charge in [0.05, 0.1) is 17.7 Å². The number of hydrogen-bond acceptors (Lipinski definition) is 3. The minimum atomic E-state index is -0.0546. The van der Waals surface area contributed by atoms with Crippen molar-refractivity contribution < 1.29 is 5.11 Å². The third-order valence-electron chi connectivity index (χ3n) is 2.62. The normalized spacial score (nSPS) is 12.1. The van der Waals surface area contributed by atoms with Crippen LogP contribution in [0.5, 0.6) is 0 Å². The topological polar surface area (TPSA) is 45.1 Å². The molecule has 3 nitrogen and oxygen atoms in total. The number of nitrogens with zero attached hydrogens (tertiary/aromatic N) is 1.